The first kappa shape index (κ1) is 11.6. The summed E-state index contributed by atoms with van der Waals surface area (Å²) in [4.78, 5) is 11.5. The molecule has 0 aliphatic carbocycles. The molecule has 1 aromatic heterocycles. The van der Waals surface area contributed by atoms with E-state index < -0.39 is 0 Å². The molecule has 0 bridgehead atoms. The fourth-order valence-electron chi connectivity index (χ4n) is 1.60. The van der Waals surface area contributed by atoms with Crippen LogP contribution < -0.4 is 11.6 Å². The third-order valence-electron chi connectivity index (χ3n) is 2.16. The van der Waals surface area contributed by atoms with E-state index in [4.69, 9.17) is 10.3 Å². The van der Waals surface area contributed by atoms with Crippen LogP contribution in [0.2, 0.25) is 0 Å². The zero-order valence-corrected chi connectivity index (χ0v) is 9.36. The quantitative estimate of drug-likeness (QED) is 0.463. The normalized spacial score (nSPS) is 11.7. The summed E-state index contributed by atoms with van der Waals surface area (Å²) in [7, 11) is 0. The van der Waals surface area contributed by atoms with Crippen molar-refractivity contribution in [3.8, 4) is 0 Å². The van der Waals surface area contributed by atoms with Crippen molar-refractivity contribution in [1.29, 1.82) is 0 Å². The Morgan fingerprint density at radius 3 is 2.73 bits per heavy atom. The average Bonchev–Trinajstić information content (AvgIpc) is 2.44. The van der Waals surface area contributed by atoms with Gasteiger partial charge in [0.15, 0.2) is 5.76 Å². The molecule has 0 saturated heterocycles. The number of hydrogen-bond donors (Lipinski definition) is 1. The first-order valence-electron chi connectivity index (χ1n) is 5.09. The van der Waals surface area contributed by atoms with Crippen molar-refractivity contribution >= 4 is 6.21 Å². The molecule has 0 saturated carbocycles. The van der Waals surface area contributed by atoms with E-state index in [0.29, 0.717) is 5.76 Å². The topological polar surface area (TPSA) is 73.5 Å². The maximum atomic E-state index is 11.5. The van der Waals surface area contributed by atoms with Crippen LogP contribution in [-0.2, 0) is 6.42 Å². The molecule has 5 nitrogen and oxygen atoms in total. The van der Waals surface area contributed by atoms with Gasteiger partial charge in [0.1, 0.15) is 0 Å². The Morgan fingerprint density at radius 2 is 2.27 bits per heavy atom. The highest BCUT2D eigenvalue weighted by Crippen LogP contribution is 2.13. The van der Waals surface area contributed by atoms with Crippen LogP contribution in [0.1, 0.15) is 44.7 Å². The molecule has 1 rings (SSSR count). The van der Waals surface area contributed by atoms with Gasteiger partial charge in [-0.3, -0.25) is 4.57 Å². The van der Waals surface area contributed by atoms with Gasteiger partial charge in [0.25, 0.3) is 0 Å². The van der Waals surface area contributed by atoms with Gasteiger partial charge in [-0.15, -0.1) is 0 Å². The lowest BCUT2D eigenvalue weighted by Crippen LogP contribution is -2.19. The number of nitrogens with two attached hydrogens (primary N) is 1. The molecule has 0 aliphatic heterocycles. The van der Waals surface area contributed by atoms with E-state index in [0.717, 1.165) is 18.5 Å². The van der Waals surface area contributed by atoms with Gasteiger partial charge in [0.05, 0.1) is 11.9 Å². The van der Waals surface area contributed by atoms with E-state index in [9.17, 15) is 4.79 Å². The highest BCUT2D eigenvalue weighted by Gasteiger charge is 2.16. The SMILES string of the molecule is CCCc1c(/C=N\N)oc(=O)n1C(C)C. The minimum Gasteiger partial charge on any atom is -0.406 e. The van der Waals surface area contributed by atoms with E-state index in [-0.39, 0.29) is 11.8 Å². The van der Waals surface area contributed by atoms with Crippen LogP contribution in [-0.4, -0.2) is 10.8 Å². The minimum atomic E-state index is -0.344. The first-order valence-corrected chi connectivity index (χ1v) is 5.09. The van der Waals surface area contributed by atoms with Gasteiger partial charge in [0, 0.05) is 6.04 Å². The van der Waals surface area contributed by atoms with E-state index in [1.165, 1.54) is 6.21 Å². The number of oxazole rings is 1. The van der Waals surface area contributed by atoms with Crippen molar-refractivity contribution in [3.05, 3.63) is 22.0 Å². The van der Waals surface area contributed by atoms with Gasteiger partial charge >= 0.3 is 5.76 Å². The maximum Gasteiger partial charge on any atom is 0.419 e. The smallest absolute Gasteiger partial charge is 0.406 e. The van der Waals surface area contributed by atoms with Crippen LogP contribution >= 0.6 is 0 Å². The lowest BCUT2D eigenvalue weighted by molar-refractivity contribution is 0.451. The van der Waals surface area contributed by atoms with Crippen LogP contribution in [0.3, 0.4) is 0 Å². The molecule has 84 valence electrons. The summed E-state index contributed by atoms with van der Waals surface area (Å²) in [5, 5.41) is 3.39. The standard InChI is InChI=1S/C10H17N3O2/c1-4-5-8-9(6-12-11)15-10(14)13(8)7(2)3/h6-7H,4-5,11H2,1-3H3/b12-6-. The fraction of sp³-hybridized carbons (Fsp3) is 0.600. The van der Waals surface area contributed by atoms with E-state index in [1.807, 2.05) is 20.8 Å². The largest absolute Gasteiger partial charge is 0.419 e. The maximum absolute atomic E-state index is 11.5. The molecule has 0 aromatic carbocycles. The number of nitrogens with zero attached hydrogens (tertiary/aromatic N) is 2. The summed E-state index contributed by atoms with van der Waals surface area (Å²) in [5.41, 5.74) is 0.867. The monoisotopic (exact) mass is 211 g/mol. The van der Waals surface area contributed by atoms with Crippen molar-refractivity contribution in [2.24, 2.45) is 10.9 Å². The zero-order chi connectivity index (χ0) is 11.4. The van der Waals surface area contributed by atoms with Crippen molar-refractivity contribution in [3.63, 3.8) is 0 Å². The second kappa shape index (κ2) is 4.82. The Labute approximate surface area is 88.6 Å². The van der Waals surface area contributed by atoms with E-state index >= 15 is 0 Å². The molecule has 0 spiro atoms. The molecule has 0 atom stereocenters. The predicted octanol–water partition coefficient (Wildman–Crippen LogP) is 1.27. The molecule has 2 N–H and O–H groups in total. The van der Waals surface area contributed by atoms with Gasteiger partial charge in [-0.1, -0.05) is 13.3 Å². The number of hydrazone groups is 1. The number of rotatable bonds is 4. The molecular weight excluding hydrogens is 194 g/mol. The number of hydrogen-bond acceptors (Lipinski definition) is 4. The van der Waals surface area contributed by atoms with Crippen molar-refractivity contribution in [1.82, 2.24) is 4.57 Å². The minimum absolute atomic E-state index is 0.0859. The Hall–Kier alpha value is -1.52. The van der Waals surface area contributed by atoms with Crippen LogP contribution in [0, 0.1) is 0 Å². The highest BCUT2D eigenvalue weighted by molar-refractivity contribution is 5.76. The summed E-state index contributed by atoms with van der Waals surface area (Å²) in [6.07, 6.45) is 3.10. The van der Waals surface area contributed by atoms with E-state index in [2.05, 4.69) is 5.10 Å². The fourth-order valence-corrected chi connectivity index (χ4v) is 1.60. The van der Waals surface area contributed by atoms with Gasteiger partial charge in [-0.2, -0.15) is 5.10 Å². The first-order chi connectivity index (χ1) is 7.11. The molecule has 1 heterocycles. The summed E-state index contributed by atoms with van der Waals surface area (Å²) in [6, 6.07) is 0.0859. The molecule has 5 heteroatoms. The Morgan fingerprint density at radius 1 is 1.60 bits per heavy atom. The predicted molar refractivity (Wildman–Crippen MR) is 59.1 cm³/mol. The molecule has 0 aliphatic rings. The van der Waals surface area contributed by atoms with Crippen molar-refractivity contribution < 1.29 is 4.42 Å². The average molecular weight is 211 g/mol. The van der Waals surface area contributed by atoms with E-state index in [1.54, 1.807) is 4.57 Å². The van der Waals surface area contributed by atoms with Crippen LogP contribution in [0.5, 0.6) is 0 Å². The Balaban J connectivity index is 3.30. The Bertz CT molecular complexity index is 401. The summed E-state index contributed by atoms with van der Waals surface area (Å²) in [5.74, 6) is 5.19. The summed E-state index contributed by atoms with van der Waals surface area (Å²) < 4.78 is 6.72. The summed E-state index contributed by atoms with van der Waals surface area (Å²) in [6.45, 7) is 5.93. The second-order valence-electron chi connectivity index (χ2n) is 3.67. The van der Waals surface area contributed by atoms with Gasteiger partial charge in [-0.05, 0) is 20.3 Å². The third-order valence-corrected chi connectivity index (χ3v) is 2.16. The highest BCUT2D eigenvalue weighted by atomic mass is 16.4. The second-order valence-corrected chi connectivity index (χ2v) is 3.67. The van der Waals surface area contributed by atoms with Gasteiger partial charge < -0.3 is 10.3 Å². The van der Waals surface area contributed by atoms with Crippen LogP contribution in [0.4, 0.5) is 0 Å². The van der Waals surface area contributed by atoms with Crippen molar-refractivity contribution in [2.75, 3.05) is 0 Å². The molecule has 0 unspecified atom stereocenters. The molecule has 1 aromatic rings. The lowest BCUT2D eigenvalue weighted by atomic mass is 10.2. The number of aromatic nitrogens is 1. The molecule has 0 amide bonds. The summed E-state index contributed by atoms with van der Waals surface area (Å²) >= 11 is 0. The van der Waals surface area contributed by atoms with Crippen LogP contribution in [0.15, 0.2) is 14.3 Å². The molecule has 15 heavy (non-hydrogen) atoms. The molecule has 0 radical (unpaired) electrons. The molecular formula is C10H17N3O2. The van der Waals surface area contributed by atoms with Gasteiger partial charge in [-0.25, -0.2) is 4.79 Å². The van der Waals surface area contributed by atoms with Crippen LogP contribution in [0.25, 0.3) is 0 Å². The third kappa shape index (κ3) is 2.29. The lowest BCUT2D eigenvalue weighted by Gasteiger charge is -2.08. The Kier molecular flexibility index (Phi) is 3.71. The zero-order valence-electron chi connectivity index (χ0n) is 9.36. The van der Waals surface area contributed by atoms with Crippen molar-refractivity contribution in [2.45, 2.75) is 39.7 Å². The van der Waals surface area contributed by atoms with Gasteiger partial charge in [0.2, 0.25) is 0 Å². The molecule has 0 fully saturated rings.